The van der Waals surface area contributed by atoms with E-state index in [0.717, 1.165) is 0 Å². The molecule has 1 aromatic rings. The van der Waals surface area contributed by atoms with E-state index >= 15 is 0 Å². The Balaban J connectivity index is 3.12. The average Bonchev–Trinajstić information content (AvgIpc) is 2.22. The van der Waals surface area contributed by atoms with E-state index < -0.39 is 15.3 Å². The molecule has 0 aliphatic heterocycles. The van der Waals surface area contributed by atoms with Crippen LogP contribution in [0.1, 0.15) is 12.5 Å². The first-order valence-electron chi connectivity index (χ1n) is 4.58. The monoisotopic (exact) mass is 240 g/mol. The van der Waals surface area contributed by atoms with Gasteiger partial charge in [-0.3, -0.25) is 4.72 Å². The highest BCUT2D eigenvalue weighted by Gasteiger charge is 2.21. The highest BCUT2D eigenvalue weighted by Crippen LogP contribution is 2.27. The normalized spacial score (nSPS) is 12.8. The van der Waals surface area contributed by atoms with Crippen molar-refractivity contribution >= 4 is 15.7 Å². The van der Waals surface area contributed by atoms with Crippen molar-refractivity contribution in [2.24, 2.45) is 0 Å². The van der Waals surface area contributed by atoms with Crippen molar-refractivity contribution in [3.8, 4) is 11.8 Å². The SMILES string of the molecule is Cc1cccc(O)c1NS(=O)(=O)C(C)C#N. The number of hydrogen-bond donors (Lipinski definition) is 2. The lowest BCUT2D eigenvalue weighted by Gasteiger charge is -2.12. The minimum absolute atomic E-state index is 0.115. The third kappa shape index (κ3) is 2.44. The van der Waals surface area contributed by atoms with Crippen molar-refractivity contribution in [1.82, 2.24) is 0 Å². The Morgan fingerprint density at radius 2 is 2.12 bits per heavy atom. The second kappa shape index (κ2) is 4.41. The molecule has 5 nitrogen and oxygen atoms in total. The highest BCUT2D eigenvalue weighted by molar-refractivity contribution is 7.93. The van der Waals surface area contributed by atoms with Crippen LogP contribution in [0.4, 0.5) is 5.69 Å². The van der Waals surface area contributed by atoms with Gasteiger partial charge in [-0.05, 0) is 25.5 Å². The molecule has 0 amide bonds. The topological polar surface area (TPSA) is 90.2 Å². The number of sulfonamides is 1. The summed E-state index contributed by atoms with van der Waals surface area (Å²) in [5, 5.41) is 16.9. The number of nitrogens with one attached hydrogen (secondary N) is 1. The number of phenols is 1. The predicted molar refractivity (Wildman–Crippen MR) is 60.5 cm³/mol. The molecular weight excluding hydrogens is 228 g/mol. The molecule has 0 aliphatic carbocycles. The van der Waals surface area contributed by atoms with Crippen molar-refractivity contribution in [3.05, 3.63) is 23.8 Å². The van der Waals surface area contributed by atoms with Gasteiger partial charge in [-0.2, -0.15) is 5.26 Å². The van der Waals surface area contributed by atoms with Gasteiger partial charge in [-0.25, -0.2) is 8.42 Å². The van der Waals surface area contributed by atoms with E-state index in [1.54, 1.807) is 25.1 Å². The van der Waals surface area contributed by atoms with Crippen LogP contribution in [-0.2, 0) is 10.0 Å². The number of rotatable bonds is 3. The standard InChI is InChI=1S/C10H12N2O3S/c1-7-4-3-5-9(13)10(7)12-16(14,15)8(2)6-11/h3-5,8,12-13H,1-2H3. The first-order chi connectivity index (χ1) is 7.38. The molecule has 0 heterocycles. The molecule has 0 bridgehead atoms. The van der Waals surface area contributed by atoms with Crippen molar-refractivity contribution in [3.63, 3.8) is 0 Å². The Kier molecular flexibility index (Phi) is 3.40. The van der Waals surface area contributed by atoms with Crippen molar-refractivity contribution in [1.29, 1.82) is 5.26 Å². The van der Waals surface area contributed by atoms with Crippen LogP contribution in [-0.4, -0.2) is 18.8 Å². The number of phenolic OH excluding ortho intramolecular Hbond substituents is 1. The predicted octanol–water partition coefficient (Wildman–Crippen LogP) is 1.35. The molecule has 1 atom stereocenters. The lowest BCUT2D eigenvalue weighted by atomic mass is 10.2. The summed E-state index contributed by atoms with van der Waals surface area (Å²) in [4.78, 5) is 0. The summed E-state index contributed by atoms with van der Waals surface area (Å²) in [6.45, 7) is 2.94. The summed E-state index contributed by atoms with van der Waals surface area (Å²) in [6, 6.07) is 6.28. The van der Waals surface area contributed by atoms with Gasteiger partial charge in [-0.15, -0.1) is 0 Å². The Bertz CT molecular complexity index is 511. The van der Waals surface area contributed by atoms with E-state index in [9.17, 15) is 13.5 Å². The van der Waals surface area contributed by atoms with Crippen LogP contribution in [0.25, 0.3) is 0 Å². The zero-order valence-corrected chi connectivity index (χ0v) is 9.75. The van der Waals surface area contributed by atoms with Crippen LogP contribution < -0.4 is 4.72 Å². The molecule has 0 aliphatic rings. The number of nitriles is 1. The molecule has 1 rings (SSSR count). The van der Waals surface area contributed by atoms with E-state index in [1.807, 2.05) is 0 Å². The summed E-state index contributed by atoms with van der Waals surface area (Å²) in [5.74, 6) is -0.159. The number of para-hydroxylation sites is 1. The Labute approximate surface area is 94.4 Å². The molecule has 2 N–H and O–H groups in total. The fourth-order valence-corrected chi connectivity index (χ4v) is 1.95. The first kappa shape index (κ1) is 12.3. The van der Waals surface area contributed by atoms with Gasteiger partial charge in [-0.1, -0.05) is 12.1 Å². The number of benzene rings is 1. The van der Waals surface area contributed by atoms with E-state index in [0.29, 0.717) is 5.56 Å². The number of nitrogens with zero attached hydrogens (tertiary/aromatic N) is 1. The van der Waals surface area contributed by atoms with Gasteiger partial charge >= 0.3 is 0 Å². The summed E-state index contributed by atoms with van der Waals surface area (Å²) < 4.78 is 25.4. The van der Waals surface area contributed by atoms with Gasteiger partial charge in [0.1, 0.15) is 5.75 Å². The maximum atomic E-state index is 11.6. The average molecular weight is 240 g/mol. The van der Waals surface area contributed by atoms with E-state index in [-0.39, 0.29) is 11.4 Å². The van der Waals surface area contributed by atoms with Gasteiger partial charge in [0.15, 0.2) is 5.25 Å². The molecule has 0 saturated carbocycles. The largest absolute Gasteiger partial charge is 0.506 e. The second-order valence-electron chi connectivity index (χ2n) is 3.39. The third-order valence-corrected chi connectivity index (χ3v) is 3.67. The number of anilines is 1. The minimum Gasteiger partial charge on any atom is -0.506 e. The van der Waals surface area contributed by atoms with Gasteiger partial charge in [0.25, 0.3) is 0 Å². The van der Waals surface area contributed by atoms with Crippen molar-refractivity contribution < 1.29 is 13.5 Å². The van der Waals surface area contributed by atoms with Crippen LogP contribution in [0.3, 0.4) is 0 Å². The number of hydrogen-bond acceptors (Lipinski definition) is 4. The second-order valence-corrected chi connectivity index (χ2v) is 5.39. The summed E-state index contributed by atoms with van der Waals surface area (Å²) in [7, 11) is -3.78. The van der Waals surface area contributed by atoms with Crippen LogP contribution in [0, 0.1) is 18.3 Å². The van der Waals surface area contributed by atoms with Crippen molar-refractivity contribution in [2.45, 2.75) is 19.1 Å². The van der Waals surface area contributed by atoms with E-state index in [1.165, 1.54) is 13.0 Å². The molecule has 0 fully saturated rings. The van der Waals surface area contributed by atoms with E-state index in [4.69, 9.17) is 5.26 Å². The fraction of sp³-hybridized carbons (Fsp3) is 0.300. The van der Waals surface area contributed by atoms with Crippen LogP contribution >= 0.6 is 0 Å². The summed E-state index contributed by atoms with van der Waals surface area (Å²) in [5.41, 5.74) is 0.707. The maximum Gasteiger partial charge on any atom is 0.248 e. The van der Waals surface area contributed by atoms with Crippen LogP contribution in [0.15, 0.2) is 18.2 Å². The van der Waals surface area contributed by atoms with Crippen molar-refractivity contribution in [2.75, 3.05) is 4.72 Å². The van der Waals surface area contributed by atoms with Gasteiger partial charge < -0.3 is 5.11 Å². The molecule has 1 aromatic carbocycles. The molecule has 0 radical (unpaired) electrons. The lowest BCUT2D eigenvalue weighted by molar-refractivity contribution is 0.477. The quantitative estimate of drug-likeness (QED) is 0.780. The Morgan fingerprint density at radius 3 is 2.62 bits per heavy atom. The van der Waals surface area contributed by atoms with Gasteiger partial charge in [0.05, 0.1) is 11.8 Å². The van der Waals surface area contributed by atoms with Crippen LogP contribution in [0.5, 0.6) is 5.75 Å². The molecule has 0 aromatic heterocycles. The van der Waals surface area contributed by atoms with E-state index in [2.05, 4.69) is 4.72 Å². The first-order valence-corrected chi connectivity index (χ1v) is 6.13. The summed E-state index contributed by atoms with van der Waals surface area (Å²) in [6.07, 6.45) is 0. The zero-order chi connectivity index (χ0) is 12.3. The summed E-state index contributed by atoms with van der Waals surface area (Å²) >= 11 is 0. The molecule has 86 valence electrons. The molecule has 0 saturated heterocycles. The maximum absolute atomic E-state index is 11.6. The molecule has 6 heteroatoms. The number of aromatic hydroxyl groups is 1. The lowest BCUT2D eigenvalue weighted by Crippen LogP contribution is -2.24. The molecule has 0 spiro atoms. The Hall–Kier alpha value is -1.74. The van der Waals surface area contributed by atoms with Crippen LogP contribution in [0.2, 0.25) is 0 Å². The Morgan fingerprint density at radius 1 is 1.50 bits per heavy atom. The number of aryl methyl sites for hydroxylation is 1. The molecular formula is C10H12N2O3S. The minimum atomic E-state index is -3.78. The van der Waals surface area contributed by atoms with Gasteiger partial charge in [0.2, 0.25) is 10.0 Å². The third-order valence-electron chi connectivity index (χ3n) is 2.14. The molecule has 1 unspecified atom stereocenters. The fourth-order valence-electron chi connectivity index (χ4n) is 1.09. The zero-order valence-electron chi connectivity index (χ0n) is 8.93. The smallest absolute Gasteiger partial charge is 0.248 e. The highest BCUT2D eigenvalue weighted by atomic mass is 32.2. The molecule has 16 heavy (non-hydrogen) atoms. The van der Waals surface area contributed by atoms with Gasteiger partial charge in [0, 0.05) is 0 Å².